The zero-order valence-electron chi connectivity index (χ0n) is 15.7. The predicted molar refractivity (Wildman–Crippen MR) is 107 cm³/mol. The van der Waals surface area contributed by atoms with Crippen LogP contribution in [0.5, 0.6) is 0 Å². The normalized spacial score (nSPS) is 13.2. The molecule has 1 fully saturated rings. The smallest absolute Gasteiger partial charge is 0.274 e. The highest BCUT2D eigenvalue weighted by Crippen LogP contribution is 2.30. The van der Waals surface area contributed by atoms with Crippen LogP contribution in [0.25, 0.3) is 5.69 Å². The number of hydrogen-bond acceptors (Lipinski definition) is 3. The number of nitrogens with zero attached hydrogens (tertiary/aromatic N) is 3. The average molecular weight is 374 g/mol. The number of nitrogens with one attached hydrogen (secondary N) is 1. The lowest BCUT2D eigenvalue weighted by molar-refractivity contribution is -0.117. The van der Waals surface area contributed by atoms with Gasteiger partial charge in [-0.1, -0.05) is 48.5 Å². The van der Waals surface area contributed by atoms with Gasteiger partial charge in [-0.2, -0.15) is 5.10 Å². The van der Waals surface area contributed by atoms with Gasteiger partial charge in [-0.3, -0.25) is 9.59 Å². The summed E-state index contributed by atoms with van der Waals surface area (Å²) in [7, 11) is 1.75. The van der Waals surface area contributed by atoms with Crippen LogP contribution in [-0.2, 0) is 11.3 Å². The zero-order valence-corrected chi connectivity index (χ0v) is 15.7. The number of para-hydroxylation sites is 1. The lowest BCUT2D eigenvalue weighted by Gasteiger charge is -2.15. The number of aromatic nitrogens is 2. The summed E-state index contributed by atoms with van der Waals surface area (Å²) in [4.78, 5) is 26.8. The molecule has 0 spiro atoms. The monoisotopic (exact) mass is 374 g/mol. The molecule has 6 heteroatoms. The van der Waals surface area contributed by atoms with Crippen LogP contribution in [0.3, 0.4) is 0 Å². The summed E-state index contributed by atoms with van der Waals surface area (Å²) in [6.45, 7) is 0.488. The minimum atomic E-state index is -0.194. The topological polar surface area (TPSA) is 67.2 Å². The van der Waals surface area contributed by atoms with Crippen LogP contribution in [0.1, 0.15) is 28.9 Å². The third kappa shape index (κ3) is 3.96. The number of hydrogen-bond donors (Lipinski definition) is 1. The molecule has 1 N–H and O–H groups in total. The molecule has 1 aliphatic carbocycles. The van der Waals surface area contributed by atoms with Gasteiger partial charge in [0.1, 0.15) is 5.82 Å². The van der Waals surface area contributed by atoms with E-state index in [0.29, 0.717) is 18.1 Å². The summed E-state index contributed by atoms with van der Waals surface area (Å²) in [5.74, 6) is 0.368. The van der Waals surface area contributed by atoms with Crippen molar-refractivity contribution in [1.29, 1.82) is 0 Å². The molecule has 3 aromatic rings. The third-order valence-corrected chi connectivity index (χ3v) is 4.74. The van der Waals surface area contributed by atoms with Crippen LogP contribution in [0.4, 0.5) is 5.82 Å². The van der Waals surface area contributed by atoms with Gasteiger partial charge in [-0.05, 0) is 30.5 Å². The van der Waals surface area contributed by atoms with E-state index in [-0.39, 0.29) is 17.7 Å². The Kier molecular flexibility index (Phi) is 4.93. The summed E-state index contributed by atoms with van der Waals surface area (Å²) in [5.41, 5.74) is 2.13. The van der Waals surface area contributed by atoms with Crippen LogP contribution in [0.15, 0.2) is 66.7 Å². The van der Waals surface area contributed by atoms with Crippen molar-refractivity contribution in [3.63, 3.8) is 0 Å². The van der Waals surface area contributed by atoms with E-state index >= 15 is 0 Å². The van der Waals surface area contributed by atoms with E-state index in [1.165, 1.54) is 0 Å². The first-order valence-corrected chi connectivity index (χ1v) is 9.37. The lowest BCUT2D eigenvalue weighted by atomic mass is 10.2. The van der Waals surface area contributed by atoms with Crippen molar-refractivity contribution in [2.45, 2.75) is 19.4 Å². The van der Waals surface area contributed by atoms with Crippen LogP contribution >= 0.6 is 0 Å². The molecule has 0 radical (unpaired) electrons. The molecule has 0 bridgehead atoms. The molecule has 0 aliphatic heterocycles. The Bertz CT molecular complexity index is 978. The van der Waals surface area contributed by atoms with Crippen molar-refractivity contribution in [1.82, 2.24) is 14.7 Å². The molecule has 28 heavy (non-hydrogen) atoms. The molecule has 142 valence electrons. The number of anilines is 1. The Balaban J connectivity index is 1.60. The Morgan fingerprint density at radius 3 is 2.36 bits per heavy atom. The fraction of sp³-hybridized carbons (Fsp3) is 0.227. The number of carbonyl (C=O) groups is 2. The maximum Gasteiger partial charge on any atom is 0.274 e. The maximum atomic E-state index is 12.9. The lowest BCUT2D eigenvalue weighted by Crippen LogP contribution is -2.26. The standard InChI is InChI=1S/C22H22N4O2/c1-25(15-16-8-4-2-5-9-16)22(28)19-14-20(23-21(27)17-12-13-17)26(24-19)18-10-6-3-7-11-18/h2-11,14,17H,12-13,15H2,1H3,(H,23,27). The Labute approximate surface area is 163 Å². The molecular weight excluding hydrogens is 352 g/mol. The molecule has 1 saturated carbocycles. The predicted octanol–water partition coefficient (Wildman–Crippen LogP) is 3.49. The largest absolute Gasteiger partial charge is 0.336 e. The molecule has 0 atom stereocenters. The molecule has 0 unspecified atom stereocenters. The number of carbonyl (C=O) groups excluding carboxylic acids is 2. The number of amides is 2. The first kappa shape index (κ1) is 18.0. The van der Waals surface area contributed by atoms with Gasteiger partial charge in [0, 0.05) is 25.6 Å². The van der Waals surface area contributed by atoms with E-state index in [0.717, 1.165) is 24.1 Å². The van der Waals surface area contributed by atoms with E-state index in [4.69, 9.17) is 0 Å². The summed E-state index contributed by atoms with van der Waals surface area (Å²) >= 11 is 0. The van der Waals surface area contributed by atoms with E-state index in [1.807, 2.05) is 60.7 Å². The Morgan fingerprint density at radius 1 is 1.07 bits per heavy atom. The van der Waals surface area contributed by atoms with Crippen LogP contribution in [0.2, 0.25) is 0 Å². The first-order valence-electron chi connectivity index (χ1n) is 9.37. The van der Waals surface area contributed by atoms with Gasteiger partial charge in [-0.25, -0.2) is 4.68 Å². The van der Waals surface area contributed by atoms with Crippen molar-refractivity contribution in [3.8, 4) is 5.69 Å². The van der Waals surface area contributed by atoms with E-state index in [9.17, 15) is 9.59 Å². The molecule has 6 nitrogen and oxygen atoms in total. The summed E-state index contributed by atoms with van der Waals surface area (Å²) in [6.07, 6.45) is 1.83. The highest BCUT2D eigenvalue weighted by atomic mass is 16.2. The highest BCUT2D eigenvalue weighted by molar-refractivity contribution is 5.97. The van der Waals surface area contributed by atoms with Crippen molar-refractivity contribution in [3.05, 3.63) is 78.0 Å². The fourth-order valence-electron chi connectivity index (χ4n) is 3.04. The first-order chi connectivity index (χ1) is 13.6. The van der Waals surface area contributed by atoms with Crippen LogP contribution < -0.4 is 5.32 Å². The van der Waals surface area contributed by atoms with Gasteiger partial charge in [0.15, 0.2) is 5.69 Å². The molecule has 1 heterocycles. The van der Waals surface area contributed by atoms with Crippen molar-refractivity contribution >= 4 is 17.6 Å². The summed E-state index contributed by atoms with van der Waals surface area (Å²) in [5, 5.41) is 7.41. The van der Waals surface area contributed by atoms with Crippen molar-refractivity contribution < 1.29 is 9.59 Å². The van der Waals surface area contributed by atoms with Gasteiger partial charge in [0.25, 0.3) is 5.91 Å². The van der Waals surface area contributed by atoms with Gasteiger partial charge in [-0.15, -0.1) is 0 Å². The number of benzene rings is 2. The molecule has 2 aromatic carbocycles. The Morgan fingerprint density at radius 2 is 1.71 bits per heavy atom. The van der Waals surface area contributed by atoms with Gasteiger partial charge >= 0.3 is 0 Å². The van der Waals surface area contributed by atoms with Crippen molar-refractivity contribution in [2.24, 2.45) is 5.92 Å². The molecule has 0 saturated heterocycles. The fourth-order valence-corrected chi connectivity index (χ4v) is 3.04. The summed E-state index contributed by atoms with van der Waals surface area (Å²) < 4.78 is 1.61. The second-order valence-electron chi connectivity index (χ2n) is 7.07. The van der Waals surface area contributed by atoms with Gasteiger partial charge in [0.2, 0.25) is 5.91 Å². The van der Waals surface area contributed by atoms with Crippen molar-refractivity contribution in [2.75, 3.05) is 12.4 Å². The zero-order chi connectivity index (χ0) is 19.5. The van der Waals surface area contributed by atoms with Crippen LogP contribution in [-0.4, -0.2) is 33.5 Å². The average Bonchev–Trinajstić information content (AvgIpc) is 3.50. The highest BCUT2D eigenvalue weighted by Gasteiger charge is 2.31. The molecule has 4 rings (SSSR count). The third-order valence-electron chi connectivity index (χ3n) is 4.74. The molecule has 1 aromatic heterocycles. The second-order valence-corrected chi connectivity index (χ2v) is 7.07. The SMILES string of the molecule is CN(Cc1ccccc1)C(=O)c1cc(NC(=O)C2CC2)n(-c2ccccc2)n1. The van der Waals surface area contributed by atoms with Gasteiger partial charge < -0.3 is 10.2 Å². The molecular formula is C22H22N4O2. The van der Waals surface area contributed by atoms with E-state index < -0.39 is 0 Å². The summed E-state index contributed by atoms with van der Waals surface area (Å²) in [6, 6.07) is 20.9. The van der Waals surface area contributed by atoms with Gasteiger partial charge in [0.05, 0.1) is 5.69 Å². The quantitative estimate of drug-likeness (QED) is 0.718. The minimum absolute atomic E-state index is 0.0197. The van der Waals surface area contributed by atoms with E-state index in [2.05, 4.69) is 10.4 Å². The van der Waals surface area contributed by atoms with E-state index in [1.54, 1.807) is 22.7 Å². The van der Waals surface area contributed by atoms with Crippen LogP contribution in [0, 0.1) is 5.92 Å². The second kappa shape index (κ2) is 7.68. The molecule has 2 amide bonds. The number of rotatable bonds is 6. The minimum Gasteiger partial charge on any atom is -0.336 e. The maximum absolute atomic E-state index is 12.9. The molecule has 1 aliphatic rings. The Hall–Kier alpha value is -3.41.